The van der Waals surface area contributed by atoms with Gasteiger partial charge in [0.2, 0.25) is 0 Å². The molecule has 4 rings (SSSR count). The molecule has 0 bridgehead atoms. The largest absolute Gasteiger partial charge is 0.246 e. The summed E-state index contributed by atoms with van der Waals surface area (Å²) in [7, 11) is 0. The molecule has 172 valence electrons. The summed E-state index contributed by atoms with van der Waals surface area (Å²) >= 11 is 2.26. The highest BCUT2D eigenvalue weighted by Crippen LogP contribution is 2.47. The van der Waals surface area contributed by atoms with E-state index in [9.17, 15) is 4.39 Å². The fourth-order valence-corrected chi connectivity index (χ4v) is 7.70. The SMILES string of the molecule is FC1CC(CCC2C=CC(C3CCC(C4CCCCC4)C(F)[C@H]3F)CC2)CCC1I. The molecule has 0 aromatic rings. The van der Waals surface area contributed by atoms with Gasteiger partial charge in [-0.15, -0.1) is 0 Å². The highest BCUT2D eigenvalue weighted by molar-refractivity contribution is 14.1. The first-order valence-electron chi connectivity index (χ1n) is 12.8. The van der Waals surface area contributed by atoms with Crippen LogP contribution < -0.4 is 0 Å². The third-order valence-electron chi connectivity index (χ3n) is 9.01. The van der Waals surface area contributed by atoms with Gasteiger partial charge in [-0.05, 0) is 93.3 Å². The number of halogens is 4. The predicted molar refractivity (Wildman–Crippen MR) is 127 cm³/mol. The molecular formula is C26H40F3I. The molecule has 0 amide bonds. The Morgan fingerprint density at radius 1 is 0.700 bits per heavy atom. The second kappa shape index (κ2) is 10.9. The summed E-state index contributed by atoms with van der Waals surface area (Å²) in [6.07, 6.45) is 16.2. The zero-order chi connectivity index (χ0) is 21.1. The Labute approximate surface area is 195 Å². The van der Waals surface area contributed by atoms with Gasteiger partial charge in [0, 0.05) is 3.92 Å². The zero-order valence-electron chi connectivity index (χ0n) is 18.3. The molecule has 3 saturated carbocycles. The van der Waals surface area contributed by atoms with Gasteiger partial charge < -0.3 is 0 Å². The van der Waals surface area contributed by atoms with Crippen molar-refractivity contribution >= 4 is 22.6 Å². The molecule has 0 saturated heterocycles. The Hall–Kier alpha value is 0.260. The van der Waals surface area contributed by atoms with Crippen molar-refractivity contribution in [3.8, 4) is 0 Å². The van der Waals surface area contributed by atoms with E-state index >= 15 is 8.78 Å². The van der Waals surface area contributed by atoms with Crippen LogP contribution in [0, 0.1) is 35.5 Å². The molecule has 9 atom stereocenters. The van der Waals surface area contributed by atoms with E-state index in [1.165, 1.54) is 25.7 Å². The van der Waals surface area contributed by atoms with Crippen LogP contribution in [-0.2, 0) is 0 Å². The van der Waals surface area contributed by atoms with E-state index in [-0.39, 0.29) is 21.7 Å². The van der Waals surface area contributed by atoms with Crippen LogP contribution in [0.15, 0.2) is 12.2 Å². The summed E-state index contributed by atoms with van der Waals surface area (Å²) in [5, 5.41) is 0. The fourth-order valence-electron chi connectivity index (χ4n) is 7.05. The number of hydrogen-bond donors (Lipinski definition) is 0. The highest BCUT2D eigenvalue weighted by atomic mass is 127. The van der Waals surface area contributed by atoms with Gasteiger partial charge in [-0.1, -0.05) is 66.8 Å². The third-order valence-corrected chi connectivity index (χ3v) is 10.4. The van der Waals surface area contributed by atoms with Crippen LogP contribution in [0.4, 0.5) is 13.2 Å². The maximum Gasteiger partial charge on any atom is 0.135 e. The zero-order valence-corrected chi connectivity index (χ0v) is 20.5. The lowest BCUT2D eigenvalue weighted by molar-refractivity contribution is -0.0228. The fraction of sp³-hybridized carbons (Fsp3) is 0.923. The minimum Gasteiger partial charge on any atom is -0.246 e. The van der Waals surface area contributed by atoms with Crippen LogP contribution in [0.5, 0.6) is 0 Å². The molecular weight excluding hydrogens is 496 g/mol. The molecule has 0 radical (unpaired) electrons. The molecule has 0 heterocycles. The molecule has 8 unspecified atom stereocenters. The molecule has 0 N–H and O–H groups in total. The Bertz CT molecular complexity index is 560. The lowest BCUT2D eigenvalue weighted by atomic mass is 9.65. The van der Waals surface area contributed by atoms with Crippen molar-refractivity contribution in [2.75, 3.05) is 0 Å². The molecule has 0 aromatic heterocycles. The van der Waals surface area contributed by atoms with Crippen molar-refractivity contribution in [2.45, 2.75) is 112 Å². The quantitative estimate of drug-likeness (QED) is 0.188. The average molecular weight is 537 g/mol. The molecule has 4 aliphatic rings. The van der Waals surface area contributed by atoms with Gasteiger partial charge in [-0.3, -0.25) is 0 Å². The Balaban J connectivity index is 1.24. The van der Waals surface area contributed by atoms with Crippen LogP contribution in [0.3, 0.4) is 0 Å². The van der Waals surface area contributed by atoms with Crippen molar-refractivity contribution in [3.63, 3.8) is 0 Å². The van der Waals surface area contributed by atoms with Crippen LogP contribution in [0.2, 0.25) is 0 Å². The molecule has 0 spiro atoms. The van der Waals surface area contributed by atoms with Crippen molar-refractivity contribution in [3.05, 3.63) is 12.2 Å². The number of alkyl halides is 4. The van der Waals surface area contributed by atoms with E-state index < -0.39 is 18.5 Å². The monoisotopic (exact) mass is 536 g/mol. The first-order valence-corrected chi connectivity index (χ1v) is 14.0. The molecule has 4 heteroatoms. The molecule has 3 fully saturated rings. The first-order chi connectivity index (χ1) is 14.5. The topological polar surface area (TPSA) is 0 Å². The minimum absolute atomic E-state index is 0.0335. The number of rotatable bonds is 5. The van der Waals surface area contributed by atoms with Crippen molar-refractivity contribution in [2.24, 2.45) is 35.5 Å². The third kappa shape index (κ3) is 5.60. The lowest BCUT2D eigenvalue weighted by Crippen LogP contribution is -2.44. The summed E-state index contributed by atoms with van der Waals surface area (Å²) in [4.78, 5) is 0. The summed E-state index contributed by atoms with van der Waals surface area (Å²) in [6.45, 7) is 0. The van der Waals surface area contributed by atoms with Crippen LogP contribution in [-0.4, -0.2) is 22.4 Å². The van der Waals surface area contributed by atoms with E-state index in [0.29, 0.717) is 17.8 Å². The van der Waals surface area contributed by atoms with E-state index in [1.807, 2.05) is 0 Å². The van der Waals surface area contributed by atoms with Gasteiger partial charge in [0.25, 0.3) is 0 Å². The Morgan fingerprint density at radius 2 is 1.43 bits per heavy atom. The van der Waals surface area contributed by atoms with E-state index in [4.69, 9.17) is 0 Å². The molecule has 0 aliphatic heterocycles. The summed E-state index contributed by atoms with van der Waals surface area (Å²) < 4.78 is 44.4. The van der Waals surface area contributed by atoms with E-state index in [0.717, 1.165) is 64.2 Å². The van der Waals surface area contributed by atoms with Gasteiger partial charge in [0.15, 0.2) is 0 Å². The van der Waals surface area contributed by atoms with E-state index in [2.05, 4.69) is 34.7 Å². The van der Waals surface area contributed by atoms with Crippen molar-refractivity contribution in [1.29, 1.82) is 0 Å². The lowest BCUT2D eigenvalue weighted by Gasteiger charge is -2.43. The van der Waals surface area contributed by atoms with Crippen LogP contribution in [0.25, 0.3) is 0 Å². The standard InChI is InChI=1S/C26H40F3I/c27-23-16-18(10-15-24(23)30)7-6-17-8-11-20(12-9-17)22-14-13-21(25(28)26(22)29)19-4-2-1-3-5-19/h8,11,17-26H,1-7,9-10,12-16H2/t17?,18?,20?,21?,22?,23?,24?,25?,26-/m0/s1. The van der Waals surface area contributed by atoms with Gasteiger partial charge in [0.1, 0.15) is 18.5 Å². The molecule has 0 nitrogen and oxygen atoms in total. The number of hydrogen-bond acceptors (Lipinski definition) is 0. The second-order valence-electron chi connectivity index (χ2n) is 10.9. The molecule has 30 heavy (non-hydrogen) atoms. The predicted octanol–water partition coefficient (Wildman–Crippen LogP) is 8.57. The Morgan fingerprint density at radius 3 is 2.13 bits per heavy atom. The van der Waals surface area contributed by atoms with Gasteiger partial charge >= 0.3 is 0 Å². The molecule has 0 aromatic carbocycles. The summed E-state index contributed by atoms with van der Waals surface area (Å²) in [5.41, 5.74) is 0. The van der Waals surface area contributed by atoms with Crippen molar-refractivity contribution < 1.29 is 13.2 Å². The summed E-state index contributed by atoms with van der Waals surface area (Å²) in [5.74, 6) is 1.57. The van der Waals surface area contributed by atoms with Gasteiger partial charge in [0.05, 0.1) is 0 Å². The van der Waals surface area contributed by atoms with Crippen LogP contribution >= 0.6 is 22.6 Å². The number of allylic oxidation sites excluding steroid dienone is 2. The maximum atomic E-state index is 15.1. The first kappa shape index (κ1) is 23.4. The minimum atomic E-state index is -1.28. The van der Waals surface area contributed by atoms with Gasteiger partial charge in [-0.2, -0.15) is 0 Å². The van der Waals surface area contributed by atoms with Crippen LogP contribution in [0.1, 0.15) is 89.9 Å². The summed E-state index contributed by atoms with van der Waals surface area (Å²) in [6, 6.07) is 0. The average Bonchev–Trinajstić information content (AvgIpc) is 2.77. The smallest absolute Gasteiger partial charge is 0.135 e. The maximum absolute atomic E-state index is 15.1. The Kier molecular flexibility index (Phi) is 8.52. The van der Waals surface area contributed by atoms with E-state index in [1.54, 1.807) is 0 Å². The highest BCUT2D eigenvalue weighted by Gasteiger charge is 2.45. The van der Waals surface area contributed by atoms with Gasteiger partial charge in [-0.25, -0.2) is 13.2 Å². The second-order valence-corrected chi connectivity index (χ2v) is 12.5. The normalized spacial score (nSPS) is 46.1. The van der Waals surface area contributed by atoms with Crippen molar-refractivity contribution in [1.82, 2.24) is 0 Å². The molecule has 4 aliphatic carbocycles.